The number of aromatic amines is 1. The normalized spacial score (nSPS) is 19.6. The number of morpholine rings is 1. The average Bonchev–Trinajstić information content (AvgIpc) is 3.43. The number of hydrogen-bond donors (Lipinski definition) is 1. The van der Waals surface area contributed by atoms with Gasteiger partial charge in [0.1, 0.15) is 5.82 Å². The molecule has 0 amide bonds. The minimum absolute atomic E-state index is 0.0116. The van der Waals surface area contributed by atoms with E-state index in [-0.39, 0.29) is 5.41 Å². The Kier molecular flexibility index (Phi) is 4.62. The number of hydrogen-bond acceptors (Lipinski definition) is 5. The van der Waals surface area contributed by atoms with Crippen LogP contribution in [0.25, 0.3) is 16.9 Å². The monoisotopic (exact) mass is 392 g/mol. The molecule has 0 bridgehead atoms. The Bertz CT molecular complexity index is 1010. The molecule has 7 nitrogen and oxygen atoms in total. The largest absolute Gasteiger partial charge is 0.378 e. The maximum absolute atomic E-state index is 5.57. The first-order chi connectivity index (χ1) is 14.2. The third kappa shape index (κ3) is 3.04. The summed E-state index contributed by atoms with van der Waals surface area (Å²) in [6, 6.07) is 4.22. The molecular formula is C22H28N6O. The van der Waals surface area contributed by atoms with E-state index in [1.807, 2.05) is 16.9 Å². The fourth-order valence-corrected chi connectivity index (χ4v) is 4.96. The molecule has 152 valence electrons. The molecule has 0 unspecified atom stereocenters. The van der Waals surface area contributed by atoms with E-state index < -0.39 is 0 Å². The lowest BCUT2D eigenvalue weighted by Gasteiger charge is -2.40. The van der Waals surface area contributed by atoms with Crippen LogP contribution in [-0.2, 0) is 10.2 Å². The SMILES string of the molecule is C=C(C)C1(c2cc(N3CCOCC3)nc3c2cnn3-c2ccn[nH]2)CCCCC1. The van der Waals surface area contributed by atoms with Gasteiger partial charge in [-0.15, -0.1) is 0 Å². The molecule has 4 heterocycles. The van der Waals surface area contributed by atoms with Crippen LogP contribution in [0, 0.1) is 0 Å². The van der Waals surface area contributed by atoms with Crippen molar-refractivity contribution in [1.82, 2.24) is 25.0 Å². The highest BCUT2D eigenvalue weighted by atomic mass is 16.5. The highest BCUT2D eigenvalue weighted by Gasteiger charge is 2.37. The number of nitrogens with zero attached hydrogens (tertiary/aromatic N) is 5. The Hall–Kier alpha value is -2.67. The number of pyridine rings is 1. The first-order valence-electron chi connectivity index (χ1n) is 10.6. The summed E-state index contributed by atoms with van der Waals surface area (Å²) in [5.74, 6) is 1.83. The van der Waals surface area contributed by atoms with Crippen LogP contribution in [-0.4, -0.2) is 51.3 Å². The number of fused-ring (bicyclic) bond motifs is 1. The van der Waals surface area contributed by atoms with Gasteiger partial charge in [0.25, 0.3) is 0 Å². The molecule has 0 aromatic carbocycles. The zero-order chi connectivity index (χ0) is 19.8. The molecule has 1 saturated heterocycles. The highest BCUT2D eigenvalue weighted by molar-refractivity contribution is 5.84. The van der Waals surface area contributed by atoms with Crippen LogP contribution in [0.1, 0.15) is 44.6 Å². The van der Waals surface area contributed by atoms with Gasteiger partial charge in [0.05, 0.1) is 25.6 Å². The van der Waals surface area contributed by atoms with Gasteiger partial charge in [-0.2, -0.15) is 14.9 Å². The van der Waals surface area contributed by atoms with E-state index >= 15 is 0 Å². The van der Waals surface area contributed by atoms with Crippen LogP contribution < -0.4 is 4.90 Å². The maximum Gasteiger partial charge on any atom is 0.167 e. The quantitative estimate of drug-likeness (QED) is 0.685. The first-order valence-corrected chi connectivity index (χ1v) is 10.6. The van der Waals surface area contributed by atoms with Gasteiger partial charge in [-0.25, -0.2) is 4.98 Å². The second-order valence-corrected chi connectivity index (χ2v) is 8.29. The second-order valence-electron chi connectivity index (χ2n) is 8.29. The van der Waals surface area contributed by atoms with Crippen LogP contribution in [0.2, 0.25) is 0 Å². The van der Waals surface area contributed by atoms with Gasteiger partial charge in [0.15, 0.2) is 11.5 Å². The van der Waals surface area contributed by atoms with Crippen LogP contribution in [0.5, 0.6) is 0 Å². The third-order valence-electron chi connectivity index (χ3n) is 6.62. The zero-order valence-corrected chi connectivity index (χ0v) is 17.0. The Morgan fingerprint density at radius 1 is 1.21 bits per heavy atom. The van der Waals surface area contributed by atoms with E-state index in [9.17, 15) is 0 Å². The fourth-order valence-electron chi connectivity index (χ4n) is 4.96. The molecule has 0 atom stereocenters. The number of allylic oxidation sites excluding steroid dienone is 1. The Morgan fingerprint density at radius 2 is 2.00 bits per heavy atom. The molecule has 1 saturated carbocycles. The zero-order valence-electron chi connectivity index (χ0n) is 17.0. The lowest BCUT2D eigenvalue weighted by Crippen LogP contribution is -2.37. The molecule has 3 aromatic heterocycles. The minimum Gasteiger partial charge on any atom is -0.378 e. The van der Waals surface area contributed by atoms with Gasteiger partial charge in [-0.05, 0) is 31.4 Å². The van der Waals surface area contributed by atoms with Crippen molar-refractivity contribution in [2.75, 3.05) is 31.2 Å². The summed E-state index contributed by atoms with van der Waals surface area (Å²) < 4.78 is 7.43. The highest BCUT2D eigenvalue weighted by Crippen LogP contribution is 2.47. The Labute approximate surface area is 170 Å². The molecule has 3 aromatic rings. The van der Waals surface area contributed by atoms with Crippen molar-refractivity contribution in [3.8, 4) is 5.82 Å². The summed E-state index contributed by atoms with van der Waals surface area (Å²) >= 11 is 0. The number of anilines is 1. The molecule has 1 N–H and O–H groups in total. The van der Waals surface area contributed by atoms with E-state index in [1.165, 1.54) is 30.4 Å². The second kappa shape index (κ2) is 7.30. The van der Waals surface area contributed by atoms with Gasteiger partial charge in [-0.3, -0.25) is 5.10 Å². The topological polar surface area (TPSA) is 71.9 Å². The van der Waals surface area contributed by atoms with Gasteiger partial charge in [0.2, 0.25) is 0 Å². The van der Waals surface area contributed by atoms with Crippen molar-refractivity contribution in [2.24, 2.45) is 0 Å². The summed E-state index contributed by atoms with van der Waals surface area (Å²) in [7, 11) is 0. The number of ether oxygens (including phenoxy) is 1. The van der Waals surface area contributed by atoms with E-state index in [0.717, 1.165) is 61.8 Å². The molecule has 0 spiro atoms. The molecule has 1 aliphatic carbocycles. The average molecular weight is 393 g/mol. The van der Waals surface area contributed by atoms with E-state index in [0.29, 0.717) is 0 Å². The standard InChI is InChI=1S/C22H28N6O/c1-16(2)22(7-4-3-5-8-22)18-14-20(27-10-12-29-13-11-27)25-21-17(18)15-24-28(21)19-6-9-23-26-19/h6,9,14-15H,1,3-5,7-8,10-13H2,2H3,(H,23,26). The molecular weight excluding hydrogens is 364 g/mol. The number of aromatic nitrogens is 5. The molecule has 2 fully saturated rings. The summed E-state index contributed by atoms with van der Waals surface area (Å²) in [5, 5.41) is 12.9. The summed E-state index contributed by atoms with van der Waals surface area (Å²) in [4.78, 5) is 7.38. The van der Waals surface area contributed by atoms with Crippen molar-refractivity contribution in [2.45, 2.75) is 44.4 Å². The van der Waals surface area contributed by atoms with Gasteiger partial charge in [0, 0.05) is 30.0 Å². The summed E-state index contributed by atoms with van der Waals surface area (Å²) in [5.41, 5.74) is 3.43. The van der Waals surface area contributed by atoms with Crippen LogP contribution in [0.4, 0.5) is 5.82 Å². The molecule has 29 heavy (non-hydrogen) atoms. The van der Waals surface area contributed by atoms with Crippen molar-refractivity contribution < 1.29 is 4.74 Å². The Balaban J connectivity index is 1.74. The van der Waals surface area contributed by atoms with Crippen molar-refractivity contribution >= 4 is 16.9 Å². The van der Waals surface area contributed by atoms with Crippen LogP contribution in [0.15, 0.2) is 36.7 Å². The number of rotatable bonds is 4. The maximum atomic E-state index is 5.57. The van der Waals surface area contributed by atoms with Crippen molar-refractivity contribution in [3.63, 3.8) is 0 Å². The predicted octanol–water partition coefficient (Wildman–Crippen LogP) is 3.76. The smallest absolute Gasteiger partial charge is 0.167 e. The molecule has 1 aliphatic heterocycles. The van der Waals surface area contributed by atoms with Crippen LogP contribution >= 0.6 is 0 Å². The molecule has 7 heteroatoms. The molecule has 5 rings (SSSR count). The first kappa shape index (κ1) is 18.4. The summed E-state index contributed by atoms with van der Waals surface area (Å²) in [6.45, 7) is 9.81. The summed E-state index contributed by atoms with van der Waals surface area (Å²) in [6.07, 6.45) is 9.74. The van der Waals surface area contributed by atoms with E-state index in [1.54, 1.807) is 6.20 Å². The lowest BCUT2D eigenvalue weighted by atomic mass is 9.65. The van der Waals surface area contributed by atoms with E-state index in [2.05, 4.69) is 39.8 Å². The third-order valence-corrected chi connectivity index (χ3v) is 6.62. The number of nitrogens with one attached hydrogen (secondary N) is 1. The van der Waals surface area contributed by atoms with Crippen molar-refractivity contribution in [3.05, 3.63) is 42.2 Å². The van der Waals surface area contributed by atoms with E-state index in [4.69, 9.17) is 9.72 Å². The molecule has 2 aliphatic rings. The van der Waals surface area contributed by atoms with Gasteiger partial charge in [-0.1, -0.05) is 31.4 Å². The minimum atomic E-state index is -0.0116. The van der Waals surface area contributed by atoms with Crippen LogP contribution in [0.3, 0.4) is 0 Å². The molecule has 0 radical (unpaired) electrons. The van der Waals surface area contributed by atoms with Gasteiger partial charge >= 0.3 is 0 Å². The lowest BCUT2D eigenvalue weighted by molar-refractivity contribution is 0.122. The van der Waals surface area contributed by atoms with Gasteiger partial charge < -0.3 is 9.64 Å². The number of H-pyrrole nitrogens is 1. The van der Waals surface area contributed by atoms with Crippen molar-refractivity contribution in [1.29, 1.82) is 0 Å². The fraction of sp³-hybridized carbons (Fsp3) is 0.500. The predicted molar refractivity (Wildman–Crippen MR) is 114 cm³/mol. The Morgan fingerprint density at radius 3 is 2.69 bits per heavy atom.